The number of hydrogen-bond acceptors (Lipinski definition) is 6. The first kappa shape index (κ1) is 23.5. The van der Waals surface area contributed by atoms with Gasteiger partial charge in [-0.1, -0.05) is 18.2 Å². The second kappa shape index (κ2) is 10.1. The molecule has 0 aliphatic carbocycles. The van der Waals surface area contributed by atoms with Crippen LogP contribution in [-0.4, -0.2) is 81.4 Å². The predicted octanol–water partition coefficient (Wildman–Crippen LogP) is 1.95. The molecule has 0 unspecified atom stereocenters. The molecule has 0 aromatic heterocycles. The Morgan fingerprint density at radius 1 is 1.03 bits per heavy atom. The Hall–Kier alpha value is -2.69. The molecule has 2 heterocycles. The van der Waals surface area contributed by atoms with Crippen LogP contribution >= 0.6 is 0 Å². The molecule has 2 aromatic carbocycles. The maximum atomic E-state index is 13.9. The number of hydrogen-bond donors (Lipinski definition) is 0. The average molecular weight is 478 g/mol. The van der Waals surface area contributed by atoms with Crippen LogP contribution in [-0.2, 0) is 21.4 Å². The van der Waals surface area contributed by atoms with Crippen LogP contribution < -0.4 is 9.47 Å². The number of amides is 1. The Morgan fingerprint density at radius 2 is 1.73 bits per heavy atom. The SMILES string of the molecule is CN(CC(=O)N1CCN(S(=O)(=O)c2ccc3c(c2)OCCCO3)CC1)Cc1ccccc1F. The Balaban J connectivity index is 1.33. The van der Waals surface area contributed by atoms with Gasteiger partial charge in [0.05, 0.1) is 24.7 Å². The van der Waals surface area contributed by atoms with Gasteiger partial charge in [-0.3, -0.25) is 9.69 Å². The van der Waals surface area contributed by atoms with Gasteiger partial charge in [0, 0.05) is 50.8 Å². The lowest BCUT2D eigenvalue weighted by Gasteiger charge is -2.34. The highest BCUT2D eigenvalue weighted by atomic mass is 32.2. The fourth-order valence-electron chi connectivity index (χ4n) is 3.94. The number of carbonyl (C=O) groups excluding carboxylic acids is 1. The van der Waals surface area contributed by atoms with Crippen molar-refractivity contribution in [3.05, 3.63) is 53.8 Å². The minimum atomic E-state index is -3.72. The Morgan fingerprint density at radius 3 is 2.45 bits per heavy atom. The molecule has 33 heavy (non-hydrogen) atoms. The van der Waals surface area contributed by atoms with Gasteiger partial charge < -0.3 is 14.4 Å². The molecule has 2 aliphatic heterocycles. The van der Waals surface area contributed by atoms with Crippen molar-refractivity contribution in [2.75, 3.05) is 53.0 Å². The molecule has 10 heteroatoms. The standard InChI is InChI=1S/C23H28FN3O5S/c1-25(16-18-5-2-3-6-20(18)24)17-23(28)26-9-11-27(12-10-26)33(29,30)19-7-8-21-22(15-19)32-14-4-13-31-21/h2-3,5-8,15H,4,9-14,16-17H2,1H3. The number of rotatable bonds is 6. The highest BCUT2D eigenvalue weighted by Crippen LogP contribution is 2.33. The van der Waals surface area contributed by atoms with Crippen molar-refractivity contribution in [3.63, 3.8) is 0 Å². The lowest BCUT2D eigenvalue weighted by atomic mass is 10.2. The highest BCUT2D eigenvalue weighted by molar-refractivity contribution is 7.89. The summed E-state index contributed by atoms with van der Waals surface area (Å²) in [6.07, 6.45) is 0.738. The molecule has 0 saturated carbocycles. The summed E-state index contributed by atoms with van der Waals surface area (Å²) in [6.45, 7) is 2.47. The Bertz CT molecular complexity index is 1100. The summed E-state index contributed by atoms with van der Waals surface area (Å²) in [7, 11) is -1.96. The number of halogens is 1. The van der Waals surface area contributed by atoms with E-state index in [1.54, 1.807) is 41.1 Å². The van der Waals surface area contributed by atoms with Gasteiger partial charge in [-0.25, -0.2) is 12.8 Å². The number of carbonyl (C=O) groups is 1. The molecule has 1 fully saturated rings. The molecule has 4 rings (SSSR count). The van der Waals surface area contributed by atoms with Crippen LogP contribution in [0.15, 0.2) is 47.4 Å². The van der Waals surface area contributed by atoms with Gasteiger partial charge in [0.2, 0.25) is 15.9 Å². The third kappa shape index (κ3) is 5.45. The summed E-state index contributed by atoms with van der Waals surface area (Å²) in [4.78, 5) is 16.2. The minimum absolute atomic E-state index is 0.110. The fourth-order valence-corrected chi connectivity index (χ4v) is 5.37. The predicted molar refractivity (Wildman–Crippen MR) is 120 cm³/mol. The minimum Gasteiger partial charge on any atom is -0.490 e. The number of piperazine rings is 1. The van der Waals surface area contributed by atoms with Crippen molar-refractivity contribution >= 4 is 15.9 Å². The van der Waals surface area contributed by atoms with Gasteiger partial charge in [0.15, 0.2) is 11.5 Å². The lowest BCUT2D eigenvalue weighted by Crippen LogP contribution is -2.52. The summed E-state index contributed by atoms with van der Waals surface area (Å²) in [5.74, 6) is 0.563. The average Bonchev–Trinajstić information content (AvgIpc) is 3.05. The Kier molecular flexibility index (Phi) is 7.16. The quantitative estimate of drug-likeness (QED) is 0.633. The molecule has 8 nitrogen and oxygen atoms in total. The maximum absolute atomic E-state index is 13.9. The number of sulfonamides is 1. The first-order valence-corrected chi connectivity index (χ1v) is 12.4. The fraction of sp³-hybridized carbons (Fsp3) is 0.435. The number of fused-ring (bicyclic) bond motifs is 1. The van der Waals surface area contributed by atoms with E-state index in [2.05, 4.69) is 0 Å². The van der Waals surface area contributed by atoms with Crippen LogP contribution in [0.25, 0.3) is 0 Å². The van der Waals surface area contributed by atoms with Crippen LogP contribution in [0.1, 0.15) is 12.0 Å². The van der Waals surface area contributed by atoms with Gasteiger partial charge in [0.25, 0.3) is 0 Å². The van der Waals surface area contributed by atoms with Gasteiger partial charge in [-0.05, 0) is 25.2 Å². The molecule has 1 saturated heterocycles. The number of benzene rings is 2. The first-order valence-electron chi connectivity index (χ1n) is 10.9. The molecule has 178 valence electrons. The smallest absolute Gasteiger partial charge is 0.243 e. The zero-order chi connectivity index (χ0) is 23.4. The van der Waals surface area contributed by atoms with E-state index in [9.17, 15) is 17.6 Å². The molecular formula is C23H28FN3O5S. The van der Waals surface area contributed by atoms with E-state index in [1.165, 1.54) is 22.5 Å². The molecule has 0 bridgehead atoms. The van der Waals surface area contributed by atoms with Crippen molar-refractivity contribution in [1.82, 2.24) is 14.1 Å². The molecule has 0 radical (unpaired) electrons. The van der Waals surface area contributed by atoms with E-state index in [0.717, 1.165) is 6.42 Å². The van der Waals surface area contributed by atoms with E-state index in [-0.39, 0.29) is 36.3 Å². The molecule has 0 N–H and O–H groups in total. The molecule has 1 amide bonds. The van der Waals surface area contributed by atoms with Gasteiger partial charge >= 0.3 is 0 Å². The van der Waals surface area contributed by atoms with E-state index >= 15 is 0 Å². The normalized spacial score (nSPS) is 17.1. The van der Waals surface area contributed by atoms with Crippen molar-refractivity contribution in [2.45, 2.75) is 17.9 Å². The van der Waals surface area contributed by atoms with Crippen LogP contribution in [0.2, 0.25) is 0 Å². The van der Waals surface area contributed by atoms with Crippen LogP contribution in [0.5, 0.6) is 11.5 Å². The first-order chi connectivity index (χ1) is 15.8. The highest BCUT2D eigenvalue weighted by Gasteiger charge is 2.31. The van der Waals surface area contributed by atoms with Crippen molar-refractivity contribution in [2.24, 2.45) is 0 Å². The van der Waals surface area contributed by atoms with Crippen molar-refractivity contribution < 1.29 is 27.1 Å². The summed E-state index contributed by atoms with van der Waals surface area (Å²) in [6, 6.07) is 11.1. The van der Waals surface area contributed by atoms with Crippen LogP contribution in [0, 0.1) is 5.82 Å². The summed E-state index contributed by atoms with van der Waals surface area (Å²) < 4.78 is 52.7. The van der Waals surface area contributed by atoms with E-state index < -0.39 is 10.0 Å². The van der Waals surface area contributed by atoms with Crippen molar-refractivity contribution in [3.8, 4) is 11.5 Å². The summed E-state index contributed by atoms with van der Waals surface area (Å²) in [5, 5.41) is 0. The third-order valence-corrected chi connectivity index (χ3v) is 7.65. The second-order valence-corrected chi connectivity index (χ2v) is 10.1. The largest absolute Gasteiger partial charge is 0.490 e. The molecule has 2 aliphatic rings. The molecular weight excluding hydrogens is 449 g/mol. The zero-order valence-electron chi connectivity index (χ0n) is 18.6. The maximum Gasteiger partial charge on any atom is 0.243 e. The van der Waals surface area contributed by atoms with E-state index in [0.29, 0.717) is 49.9 Å². The van der Waals surface area contributed by atoms with Crippen LogP contribution in [0.3, 0.4) is 0 Å². The van der Waals surface area contributed by atoms with Gasteiger partial charge in [-0.2, -0.15) is 4.31 Å². The number of ether oxygens (including phenoxy) is 2. The monoisotopic (exact) mass is 477 g/mol. The topological polar surface area (TPSA) is 79.4 Å². The number of likely N-dealkylation sites (N-methyl/N-ethyl adjacent to an activating group) is 1. The molecule has 0 spiro atoms. The number of nitrogens with zero attached hydrogens (tertiary/aromatic N) is 3. The molecule has 0 atom stereocenters. The third-order valence-electron chi connectivity index (χ3n) is 5.75. The van der Waals surface area contributed by atoms with Gasteiger partial charge in [0.1, 0.15) is 5.82 Å². The van der Waals surface area contributed by atoms with Gasteiger partial charge in [-0.15, -0.1) is 0 Å². The van der Waals surface area contributed by atoms with E-state index in [1.807, 2.05) is 0 Å². The zero-order valence-corrected chi connectivity index (χ0v) is 19.4. The molecule has 2 aromatic rings. The second-order valence-electron chi connectivity index (χ2n) is 8.21. The summed E-state index contributed by atoms with van der Waals surface area (Å²) in [5.41, 5.74) is 0.527. The Labute approximate surface area is 193 Å². The van der Waals surface area contributed by atoms with Crippen LogP contribution in [0.4, 0.5) is 4.39 Å². The van der Waals surface area contributed by atoms with E-state index in [4.69, 9.17) is 9.47 Å². The lowest BCUT2D eigenvalue weighted by molar-refractivity contribution is -0.133. The van der Waals surface area contributed by atoms with Crippen molar-refractivity contribution in [1.29, 1.82) is 0 Å². The summed E-state index contributed by atoms with van der Waals surface area (Å²) >= 11 is 0.